The second-order valence-electron chi connectivity index (χ2n) is 5.86. The number of rotatable bonds is 5. The maximum absolute atomic E-state index is 5.70. The van der Waals surface area contributed by atoms with Crippen molar-refractivity contribution in [3.05, 3.63) is 0 Å². The monoisotopic (exact) mass is 225 g/mol. The number of hydrogen-bond acceptors (Lipinski definition) is 3. The Morgan fingerprint density at radius 1 is 1.31 bits per heavy atom. The van der Waals surface area contributed by atoms with E-state index in [0.717, 1.165) is 24.4 Å². The summed E-state index contributed by atoms with van der Waals surface area (Å²) in [6.45, 7) is 4.67. The summed E-state index contributed by atoms with van der Waals surface area (Å²) in [5, 5.41) is 0. The Bertz CT molecular complexity index is 217. The zero-order valence-electron chi connectivity index (χ0n) is 10.9. The van der Waals surface area contributed by atoms with E-state index < -0.39 is 0 Å². The second kappa shape index (κ2) is 5.48. The van der Waals surface area contributed by atoms with Crippen LogP contribution in [0.4, 0.5) is 0 Å². The molecule has 3 aliphatic rings. The summed E-state index contributed by atoms with van der Waals surface area (Å²) in [6.07, 6.45) is 5.55. The minimum Gasteiger partial charge on any atom is -0.330 e. The highest BCUT2D eigenvalue weighted by Gasteiger charge is 2.39. The van der Waals surface area contributed by atoms with Crippen LogP contribution in [0.3, 0.4) is 0 Å². The molecule has 2 aliphatic heterocycles. The first-order chi connectivity index (χ1) is 7.70. The summed E-state index contributed by atoms with van der Waals surface area (Å²) in [5.41, 5.74) is 5.70. The van der Waals surface area contributed by atoms with Crippen molar-refractivity contribution in [1.29, 1.82) is 0 Å². The molecular weight excluding hydrogens is 198 g/mol. The Hall–Kier alpha value is -0.120. The number of hydrogen-bond donors (Lipinski definition) is 1. The number of likely N-dealkylation sites (N-methyl/N-ethyl adjacent to an activating group) is 1. The fourth-order valence-corrected chi connectivity index (χ4v) is 3.49. The molecule has 2 bridgehead atoms. The molecule has 0 radical (unpaired) electrons. The maximum Gasteiger partial charge on any atom is 0.0112 e. The van der Waals surface area contributed by atoms with Gasteiger partial charge in [0.05, 0.1) is 0 Å². The van der Waals surface area contributed by atoms with Crippen LogP contribution in [0.25, 0.3) is 0 Å². The fourth-order valence-electron chi connectivity index (χ4n) is 3.49. The second-order valence-corrected chi connectivity index (χ2v) is 5.86. The Labute approximate surface area is 100.0 Å². The molecule has 2 saturated heterocycles. The topological polar surface area (TPSA) is 32.5 Å². The minimum absolute atomic E-state index is 0.862. The highest BCUT2D eigenvalue weighted by Crippen LogP contribution is 2.40. The molecule has 3 nitrogen and oxygen atoms in total. The Balaban J connectivity index is 1.83. The van der Waals surface area contributed by atoms with Crippen LogP contribution in [-0.4, -0.2) is 56.1 Å². The van der Waals surface area contributed by atoms with Gasteiger partial charge >= 0.3 is 0 Å². The molecule has 3 fully saturated rings. The average molecular weight is 225 g/mol. The molecule has 0 aromatic heterocycles. The molecule has 0 spiro atoms. The van der Waals surface area contributed by atoms with Gasteiger partial charge in [0, 0.05) is 25.7 Å². The predicted molar refractivity (Wildman–Crippen MR) is 68.4 cm³/mol. The predicted octanol–water partition coefficient (Wildman–Crippen LogP) is 0.997. The molecule has 0 aromatic rings. The van der Waals surface area contributed by atoms with E-state index in [-0.39, 0.29) is 0 Å². The fraction of sp³-hybridized carbons (Fsp3) is 1.00. The summed E-state index contributed by atoms with van der Waals surface area (Å²) in [4.78, 5) is 5.01. The lowest BCUT2D eigenvalue weighted by Crippen LogP contribution is -2.53. The summed E-state index contributed by atoms with van der Waals surface area (Å²) in [6, 6.07) is 0.862. The van der Waals surface area contributed by atoms with Crippen LogP contribution < -0.4 is 5.73 Å². The van der Waals surface area contributed by atoms with Gasteiger partial charge in [0.25, 0.3) is 0 Å². The first kappa shape index (κ1) is 12.3. The van der Waals surface area contributed by atoms with E-state index in [1.165, 1.54) is 45.3 Å². The lowest BCUT2D eigenvalue weighted by atomic mass is 9.71. The van der Waals surface area contributed by atoms with Crippen LogP contribution in [0.15, 0.2) is 0 Å². The smallest absolute Gasteiger partial charge is 0.0112 e. The van der Waals surface area contributed by atoms with E-state index >= 15 is 0 Å². The summed E-state index contributed by atoms with van der Waals surface area (Å²) >= 11 is 0. The van der Waals surface area contributed by atoms with Crippen LogP contribution >= 0.6 is 0 Å². The van der Waals surface area contributed by atoms with E-state index in [9.17, 15) is 0 Å². The molecule has 1 saturated carbocycles. The quantitative estimate of drug-likeness (QED) is 0.757. The lowest BCUT2D eigenvalue weighted by molar-refractivity contribution is 0.000333. The van der Waals surface area contributed by atoms with Gasteiger partial charge in [0.15, 0.2) is 0 Å². The molecule has 3 rings (SSSR count). The third-order valence-electron chi connectivity index (χ3n) is 4.47. The van der Waals surface area contributed by atoms with Gasteiger partial charge in [-0.3, -0.25) is 4.90 Å². The Kier molecular flexibility index (Phi) is 4.22. The van der Waals surface area contributed by atoms with E-state index in [1.807, 2.05) is 0 Å². The lowest BCUT2D eigenvalue weighted by Gasteiger charge is -2.50. The van der Waals surface area contributed by atoms with Gasteiger partial charge in [-0.15, -0.1) is 0 Å². The average Bonchev–Trinajstić information content (AvgIpc) is 2.28. The highest BCUT2D eigenvalue weighted by molar-refractivity contribution is 4.93. The normalized spacial score (nSPS) is 34.9. The number of nitrogens with two attached hydrogens (primary N) is 1. The van der Waals surface area contributed by atoms with Crippen molar-refractivity contribution in [3.8, 4) is 0 Å². The van der Waals surface area contributed by atoms with Crippen molar-refractivity contribution in [3.63, 3.8) is 0 Å². The maximum atomic E-state index is 5.70. The van der Waals surface area contributed by atoms with Gasteiger partial charge in [-0.2, -0.15) is 0 Å². The first-order valence-corrected chi connectivity index (χ1v) is 6.79. The van der Waals surface area contributed by atoms with Crippen LogP contribution in [0.2, 0.25) is 0 Å². The SMILES string of the molecule is CN(C)CCN1CC2CCC1CC2CCN. The van der Waals surface area contributed by atoms with Crippen LogP contribution in [-0.2, 0) is 0 Å². The van der Waals surface area contributed by atoms with Gasteiger partial charge in [0.2, 0.25) is 0 Å². The van der Waals surface area contributed by atoms with E-state index in [2.05, 4.69) is 23.9 Å². The van der Waals surface area contributed by atoms with Crippen LogP contribution in [0.1, 0.15) is 25.7 Å². The van der Waals surface area contributed by atoms with Crippen molar-refractivity contribution in [2.45, 2.75) is 31.7 Å². The molecule has 0 aromatic carbocycles. The molecule has 16 heavy (non-hydrogen) atoms. The molecule has 3 atom stereocenters. The van der Waals surface area contributed by atoms with Gasteiger partial charge in [0.1, 0.15) is 0 Å². The zero-order chi connectivity index (χ0) is 11.5. The van der Waals surface area contributed by atoms with E-state index in [0.29, 0.717) is 0 Å². The molecule has 94 valence electrons. The largest absolute Gasteiger partial charge is 0.330 e. The molecule has 3 heteroatoms. The summed E-state index contributed by atoms with van der Waals surface area (Å²) in [5.74, 6) is 1.87. The summed E-state index contributed by atoms with van der Waals surface area (Å²) < 4.78 is 0. The van der Waals surface area contributed by atoms with E-state index in [1.54, 1.807) is 0 Å². The molecule has 3 unspecified atom stereocenters. The van der Waals surface area contributed by atoms with Crippen LogP contribution in [0, 0.1) is 11.8 Å². The van der Waals surface area contributed by atoms with Crippen molar-refractivity contribution >= 4 is 0 Å². The molecule has 2 heterocycles. The molecule has 0 amide bonds. The van der Waals surface area contributed by atoms with Gasteiger partial charge < -0.3 is 10.6 Å². The summed E-state index contributed by atoms with van der Waals surface area (Å²) in [7, 11) is 4.33. The third-order valence-corrected chi connectivity index (χ3v) is 4.47. The standard InChI is InChI=1S/C13H27N3/c1-15(2)7-8-16-10-12-3-4-13(16)9-11(12)5-6-14/h11-13H,3-10,14H2,1-2H3. The highest BCUT2D eigenvalue weighted by atomic mass is 15.2. The first-order valence-electron chi connectivity index (χ1n) is 6.79. The Morgan fingerprint density at radius 3 is 2.69 bits per heavy atom. The zero-order valence-corrected chi connectivity index (χ0v) is 10.9. The van der Waals surface area contributed by atoms with Crippen molar-refractivity contribution < 1.29 is 0 Å². The Morgan fingerprint density at radius 2 is 2.12 bits per heavy atom. The van der Waals surface area contributed by atoms with Crippen molar-refractivity contribution in [2.75, 3.05) is 40.3 Å². The molecular formula is C13H27N3. The number of nitrogens with zero attached hydrogens (tertiary/aromatic N) is 2. The number of piperidine rings is 2. The van der Waals surface area contributed by atoms with Gasteiger partial charge in [-0.25, -0.2) is 0 Å². The minimum atomic E-state index is 0.862. The van der Waals surface area contributed by atoms with Crippen molar-refractivity contribution in [2.24, 2.45) is 17.6 Å². The van der Waals surface area contributed by atoms with Gasteiger partial charge in [-0.1, -0.05) is 0 Å². The van der Waals surface area contributed by atoms with Gasteiger partial charge in [-0.05, 0) is 58.2 Å². The third kappa shape index (κ3) is 2.76. The molecule has 2 N–H and O–H groups in total. The van der Waals surface area contributed by atoms with E-state index in [4.69, 9.17) is 5.73 Å². The van der Waals surface area contributed by atoms with Crippen LogP contribution in [0.5, 0.6) is 0 Å². The number of fused-ring (bicyclic) bond motifs is 3. The molecule has 1 aliphatic carbocycles. The van der Waals surface area contributed by atoms with Crippen molar-refractivity contribution in [1.82, 2.24) is 9.80 Å².